The topological polar surface area (TPSA) is 96.3 Å². The van der Waals surface area contributed by atoms with Crippen LogP contribution in [-0.2, 0) is 9.59 Å². The minimum Gasteiger partial charge on any atom is -0.323 e. The van der Waals surface area contributed by atoms with Crippen LogP contribution in [0.25, 0.3) is 5.69 Å². The van der Waals surface area contributed by atoms with Crippen LogP contribution >= 0.6 is 0 Å². The van der Waals surface area contributed by atoms with Crippen molar-refractivity contribution in [3.05, 3.63) is 41.7 Å². The van der Waals surface area contributed by atoms with E-state index in [2.05, 4.69) is 15.7 Å². The van der Waals surface area contributed by atoms with Crippen molar-refractivity contribution in [1.82, 2.24) is 20.0 Å². The Balaban J connectivity index is 1.73. The largest absolute Gasteiger partial charge is 0.325 e. The van der Waals surface area contributed by atoms with Gasteiger partial charge < -0.3 is 10.6 Å². The summed E-state index contributed by atoms with van der Waals surface area (Å²) in [5.74, 6) is -0.799. The fourth-order valence-electron chi connectivity index (χ4n) is 3.56. The summed E-state index contributed by atoms with van der Waals surface area (Å²) in [4.78, 5) is 38.6. The van der Waals surface area contributed by atoms with Crippen molar-refractivity contribution in [3.8, 4) is 5.69 Å². The maximum atomic E-state index is 12.7. The Kier molecular flexibility index (Phi) is 5.72. The second-order valence-corrected chi connectivity index (χ2v) is 7.60. The number of amides is 4. The van der Waals surface area contributed by atoms with Gasteiger partial charge in [-0.3, -0.25) is 14.5 Å². The summed E-state index contributed by atoms with van der Waals surface area (Å²) in [5, 5.41) is 10.0. The van der Waals surface area contributed by atoms with Crippen LogP contribution < -0.4 is 10.6 Å². The van der Waals surface area contributed by atoms with Crippen LogP contribution in [0, 0.1) is 13.8 Å². The Morgan fingerprint density at radius 2 is 1.90 bits per heavy atom. The average molecular weight is 397 g/mol. The Morgan fingerprint density at radius 1 is 1.21 bits per heavy atom. The molecule has 0 radical (unpaired) electrons. The fraction of sp³-hybridized carbons (Fsp3) is 0.429. The molecule has 1 aliphatic rings. The number of nitrogens with one attached hydrogen (secondary N) is 2. The molecule has 1 aliphatic heterocycles. The third-order valence-electron chi connectivity index (χ3n) is 5.23. The highest BCUT2D eigenvalue weighted by atomic mass is 16.2. The lowest BCUT2D eigenvalue weighted by Gasteiger charge is -2.21. The number of hydrogen-bond acceptors (Lipinski definition) is 4. The third-order valence-corrected chi connectivity index (χ3v) is 5.23. The Labute approximate surface area is 170 Å². The Bertz CT molecular complexity index is 937. The lowest BCUT2D eigenvalue weighted by Crippen LogP contribution is -2.44. The number of aryl methyl sites for hydroxylation is 1. The highest BCUT2D eigenvalue weighted by molar-refractivity contribution is 6.10. The van der Waals surface area contributed by atoms with E-state index >= 15 is 0 Å². The molecular formula is C21H27N5O3. The molecule has 8 heteroatoms. The smallest absolute Gasteiger partial charge is 0.323 e. The number of benzene rings is 1. The van der Waals surface area contributed by atoms with Gasteiger partial charge in [0.1, 0.15) is 12.1 Å². The first kappa shape index (κ1) is 20.6. The standard InChI is InChI=1S/C21H27N5O3/c1-5-6-12-21(4)19(28)25(20(29)23-21)13-17(27)22-18-14(2)24-26(15(18)3)16-10-8-7-9-11-16/h7-11H,5-6,12-13H2,1-4H3,(H,22,27)(H,23,29). The normalized spacial score (nSPS) is 18.8. The van der Waals surface area contributed by atoms with Gasteiger partial charge in [0, 0.05) is 0 Å². The number of hydrogen-bond donors (Lipinski definition) is 2. The zero-order valence-electron chi connectivity index (χ0n) is 17.3. The molecule has 1 aromatic heterocycles. The molecule has 2 heterocycles. The van der Waals surface area contributed by atoms with Gasteiger partial charge >= 0.3 is 6.03 Å². The molecule has 2 N–H and O–H groups in total. The average Bonchev–Trinajstić information content (AvgIpc) is 3.09. The SMILES string of the molecule is CCCCC1(C)NC(=O)N(CC(=O)Nc2c(C)nn(-c3ccccc3)c2C)C1=O. The summed E-state index contributed by atoms with van der Waals surface area (Å²) in [7, 11) is 0. The van der Waals surface area contributed by atoms with Crippen molar-refractivity contribution >= 4 is 23.5 Å². The molecule has 0 spiro atoms. The molecule has 2 aromatic rings. The van der Waals surface area contributed by atoms with E-state index in [1.807, 2.05) is 44.2 Å². The minimum atomic E-state index is -0.947. The molecule has 154 valence electrons. The van der Waals surface area contributed by atoms with Crippen LogP contribution in [0.2, 0.25) is 0 Å². The van der Waals surface area contributed by atoms with Gasteiger partial charge in [-0.25, -0.2) is 9.48 Å². The zero-order chi connectivity index (χ0) is 21.2. The van der Waals surface area contributed by atoms with Crippen molar-refractivity contribution in [1.29, 1.82) is 0 Å². The summed E-state index contributed by atoms with van der Waals surface area (Å²) in [6, 6.07) is 9.07. The predicted molar refractivity (Wildman–Crippen MR) is 110 cm³/mol. The summed E-state index contributed by atoms with van der Waals surface area (Å²) >= 11 is 0. The van der Waals surface area contributed by atoms with Gasteiger partial charge in [-0.05, 0) is 39.3 Å². The van der Waals surface area contributed by atoms with Crippen LogP contribution in [-0.4, -0.2) is 44.6 Å². The molecule has 0 saturated carbocycles. The van der Waals surface area contributed by atoms with Crippen molar-refractivity contribution in [2.24, 2.45) is 0 Å². The number of rotatable bonds is 7. The van der Waals surface area contributed by atoms with Crippen molar-refractivity contribution in [3.63, 3.8) is 0 Å². The van der Waals surface area contributed by atoms with E-state index in [9.17, 15) is 14.4 Å². The van der Waals surface area contributed by atoms with Crippen molar-refractivity contribution in [2.45, 2.75) is 52.5 Å². The van der Waals surface area contributed by atoms with Gasteiger partial charge in [0.2, 0.25) is 5.91 Å². The van der Waals surface area contributed by atoms with Gasteiger partial charge in [-0.2, -0.15) is 5.10 Å². The van der Waals surface area contributed by atoms with Crippen LogP contribution in [0.3, 0.4) is 0 Å². The maximum Gasteiger partial charge on any atom is 0.325 e. The van der Waals surface area contributed by atoms with Crippen LogP contribution in [0.4, 0.5) is 10.5 Å². The molecule has 1 atom stereocenters. The first-order chi connectivity index (χ1) is 13.8. The number of nitrogens with zero attached hydrogens (tertiary/aromatic N) is 3. The molecule has 4 amide bonds. The van der Waals surface area contributed by atoms with Gasteiger partial charge in [0.05, 0.1) is 22.8 Å². The van der Waals surface area contributed by atoms with Gasteiger partial charge in [0.15, 0.2) is 0 Å². The second-order valence-electron chi connectivity index (χ2n) is 7.60. The zero-order valence-corrected chi connectivity index (χ0v) is 17.3. The van der Waals surface area contributed by atoms with Crippen LogP contribution in [0.5, 0.6) is 0 Å². The van der Waals surface area contributed by atoms with Crippen molar-refractivity contribution < 1.29 is 14.4 Å². The molecule has 8 nitrogen and oxygen atoms in total. The van der Waals surface area contributed by atoms with E-state index in [4.69, 9.17) is 0 Å². The molecule has 29 heavy (non-hydrogen) atoms. The van der Waals surface area contributed by atoms with Crippen molar-refractivity contribution in [2.75, 3.05) is 11.9 Å². The van der Waals surface area contributed by atoms with Crippen LogP contribution in [0.15, 0.2) is 30.3 Å². The number of carbonyl (C=O) groups excluding carboxylic acids is 3. The van der Waals surface area contributed by atoms with E-state index in [-0.39, 0.29) is 12.5 Å². The number of aromatic nitrogens is 2. The summed E-state index contributed by atoms with van der Waals surface area (Å²) in [5.41, 5.74) is 1.95. The first-order valence-corrected chi connectivity index (χ1v) is 9.82. The lowest BCUT2D eigenvalue weighted by molar-refractivity contribution is -0.133. The van der Waals surface area contributed by atoms with Gasteiger partial charge in [-0.1, -0.05) is 38.0 Å². The molecule has 0 aliphatic carbocycles. The molecule has 1 unspecified atom stereocenters. The quantitative estimate of drug-likeness (QED) is 0.702. The molecule has 1 saturated heterocycles. The minimum absolute atomic E-state index is 0.332. The summed E-state index contributed by atoms with van der Waals surface area (Å²) in [6.45, 7) is 7.06. The lowest BCUT2D eigenvalue weighted by atomic mass is 9.95. The number of urea groups is 1. The van der Waals surface area contributed by atoms with E-state index in [0.29, 0.717) is 17.8 Å². The second kappa shape index (κ2) is 8.06. The van der Waals surface area contributed by atoms with Crippen LogP contribution in [0.1, 0.15) is 44.5 Å². The number of unbranched alkanes of at least 4 members (excludes halogenated alkanes) is 1. The molecule has 0 bridgehead atoms. The maximum absolute atomic E-state index is 12.7. The molecule has 1 aromatic carbocycles. The predicted octanol–water partition coefficient (Wildman–Crippen LogP) is 2.93. The number of imide groups is 1. The molecule has 1 fully saturated rings. The number of anilines is 1. The molecule has 3 rings (SSSR count). The molecular weight excluding hydrogens is 370 g/mol. The van der Waals surface area contributed by atoms with E-state index in [0.717, 1.165) is 29.1 Å². The van der Waals surface area contributed by atoms with Gasteiger partial charge in [0.25, 0.3) is 5.91 Å². The van der Waals surface area contributed by atoms with E-state index in [1.54, 1.807) is 18.5 Å². The Morgan fingerprint density at radius 3 is 2.55 bits per heavy atom. The monoisotopic (exact) mass is 397 g/mol. The Hall–Kier alpha value is -3.16. The number of para-hydroxylation sites is 1. The van der Waals surface area contributed by atoms with E-state index < -0.39 is 17.5 Å². The van der Waals surface area contributed by atoms with Gasteiger partial charge in [-0.15, -0.1) is 0 Å². The first-order valence-electron chi connectivity index (χ1n) is 9.82. The highest BCUT2D eigenvalue weighted by Crippen LogP contribution is 2.25. The summed E-state index contributed by atoms with van der Waals surface area (Å²) in [6.07, 6.45) is 2.29. The fourth-order valence-corrected chi connectivity index (χ4v) is 3.56. The third kappa shape index (κ3) is 4.01. The van der Waals surface area contributed by atoms with E-state index in [1.165, 1.54) is 0 Å². The highest BCUT2D eigenvalue weighted by Gasteiger charge is 2.47. The number of carbonyl (C=O) groups is 3. The summed E-state index contributed by atoms with van der Waals surface area (Å²) < 4.78 is 1.75.